The maximum absolute atomic E-state index is 6.00. The molecule has 0 aliphatic carbocycles. The zero-order valence-corrected chi connectivity index (χ0v) is 11.4. The van der Waals surface area contributed by atoms with Crippen molar-refractivity contribution in [3.05, 3.63) is 52.4 Å². The highest BCUT2D eigenvalue weighted by Gasteiger charge is 2.08. The monoisotopic (exact) mass is 281 g/mol. The standard InChI is InChI=1S/C13H13Cl2N3/c1-9(7-10-5-3-2-4-6-10)17-12-11(14)8-16-13(15)18-12/h2-6,8-9H,7H2,1H3,(H,16,17,18). The summed E-state index contributed by atoms with van der Waals surface area (Å²) in [6.45, 7) is 2.07. The molecule has 0 saturated carbocycles. The average Bonchev–Trinajstić information content (AvgIpc) is 2.35. The topological polar surface area (TPSA) is 37.8 Å². The summed E-state index contributed by atoms with van der Waals surface area (Å²) < 4.78 is 0. The van der Waals surface area contributed by atoms with Crippen LogP contribution in [-0.4, -0.2) is 16.0 Å². The third kappa shape index (κ3) is 3.59. The van der Waals surface area contributed by atoms with Gasteiger partial charge < -0.3 is 5.32 Å². The molecule has 0 aliphatic heterocycles. The molecule has 1 heterocycles. The second-order valence-electron chi connectivity index (χ2n) is 4.07. The van der Waals surface area contributed by atoms with Crippen LogP contribution in [0.1, 0.15) is 12.5 Å². The Hall–Kier alpha value is -1.32. The second-order valence-corrected chi connectivity index (χ2v) is 4.82. The minimum Gasteiger partial charge on any atom is -0.366 e. The molecule has 0 radical (unpaired) electrons. The van der Waals surface area contributed by atoms with Crippen LogP contribution in [0.4, 0.5) is 5.82 Å². The Labute approximate surface area is 116 Å². The zero-order chi connectivity index (χ0) is 13.0. The molecule has 1 aromatic carbocycles. The zero-order valence-electron chi connectivity index (χ0n) is 9.90. The average molecular weight is 282 g/mol. The summed E-state index contributed by atoms with van der Waals surface area (Å²) in [7, 11) is 0. The molecule has 1 atom stereocenters. The Morgan fingerprint density at radius 1 is 1.22 bits per heavy atom. The van der Waals surface area contributed by atoms with Gasteiger partial charge in [0.05, 0.1) is 6.20 Å². The minimum absolute atomic E-state index is 0.189. The first-order chi connectivity index (χ1) is 8.65. The third-order valence-electron chi connectivity index (χ3n) is 2.48. The van der Waals surface area contributed by atoms with Gasteiger partial charge in [-0.15, -0.1) is 0 Å². The normalized spacial score (nSPS) is 12.2. The van der Waals surface area contributed by atoms with Crippen LogP contribution in [0.3, 0.4) is 0 Å². The molecular formula is C13H13Cl2N3. The number of aromatic nitrogens is 2. The highest BCUT2D eigenvalue weighted by atomic mass is 35.5. The van der Waals surface area contributed by atoms with Crippen molar-refractivity contribution in [1.82, 2.24) is 9.97 Å². The Kier molecular flexibility index (Phi) is 4.39. The van der Waals surface area contributed by atoms with E-state index in [0.717, 1.165) is 6.42 Å². The first-order valence-corrected chi connectivity index (χ1v) is 6.39. The summed E-state index contributed by atoms with van der Waals surface area (Å²) in [6, 6.07) is 10.4. The van der Waals surface area contributed by atoms with Gasteiger partial charge in [0.1, 0.15) is 10.8 Å². The van der Waals surface area contributed by atoms with Crippen molar-refractivity contribution in [3.63, 3.8) is 0 Å². The van der Waals surface area contributed by atoms with E-state index in [-0.39, 0.29) is 11.3 Å². The lowest BCUT2D eigenvalue weighted by molar-refractivity contribution is 0.784. The number of hydrogen-bond acceptors (Lipinski definition) is 3. The fourth-order valence-corrected chi connectivity index (χ4v) is 1.98. The number of nitrogens with zero attached hydrogens (tertiary/aromatic N) is 2. The maximum atomic E-state index is 6.00. The van der Waals surface area contributed by atoms with Crippen LogP contribution in [0.15, 0.2) is 36.5 Å². The molecule has 0 fully saturated rings. The van der Waals surface area contributed by atoms with Crippen molar-refractivity contribution in [3.8, 4) is 0 Å². The summed E-state index contributed by atoms with van der Waals surface area (Å²) in [4.78, 5) is 7.88. The van der Waals surface area contributed by atoms with Gasteiger partial charge in [0.15, 0.2) is 0 Å². The smallest absolute Gasteiger partial charge is 0.224 e. The molecule has 0 saturated heterocycles. The van der Waals surface area contributed by atoms with Gasteiger partial charge in [-0.2, -0.15) is 4.98 Å². The van der Waals surface area contributed by atoms with Crippen LogP contribution >= 0.6 is 23.2 Å². The number of halogens is 2. The Bertz CT molecular complexity index is 517. The SMILES string of the molecule is CC(Cc1ccccc1)Nc1nc(Cl)ncc1Cl. The van der Waals surface area contributed by atoms with E-state index < -0.39 is 0 Å². The summed E-state index contributed by atoms with van der Waals surface area (Å²) in [5.41, 5.74) is 1.26. The molecule has 94 valence electrons. The molecule has 18 heavy (non-hydrogen) atoms. The summed E-state index contributed by atoms with van der Waals surface area (Å²) >= 11 is 11.7. The van der Waals surface area contributed by atoms with Crippen molar-refractivity contribution in [2.24, 2.45) is 0 Å². The van der Waals surface area contributed by atoms with Gasteiger partial charge in [-0.25, -0.2) is 4.98 Å². The first-order valence-electron chi connectivity index (χ1n) is 5.63. The molecule has 1 unspecified atom stereocenters. The van der Waals surface area contributed by atoms with Crippen LogP contribution in [0.2, 0.25) is 10.3 Å². The quantitative estimate of drug-likeness (QED) is 0.866. The summed E-state index contributed by atoms with van der Waals surface area (Å²) in [5.74, 6) is 0.570. The van der Waals surface area contributed by atoms with Crippen LogP contribution in [0.25, 0.3) is 0 Å². The predicted molar refractivity (Wildman–Crippen MR) is 75.3 cm³/mol. The maximum Gasteiger partial charge on any atom is 0.224 e. The van der Waals surface area contributed by atoms with E-state index in [4.69, 9.17) is 23.2 Å². The van der Waals surface area contributed by atoms with Gasteiger partial charge in [0, 0.05) is 6.04 Å². The van der Waals surface area contributed by atoms with E-state index in [2.05, 4.69) is 34.3 Å². The molecule has 1 N–H and O–H groups in total. The van der Waals surface area contributed by atoms with Crippen molar-refractivity contribution in [2.75, 3.05) is 5.32 Å². The van der Waals surface area contributed by atoms with Crippen molar-refractivity contribution < 1.29 is 0 Å². The Morgan fingerprint density at radius 3 is 2.67 bits per heavy atom. The highest BCUT2D eigenvalue weighted by Crippen LogP contribution is 2.20. The lowest BCUT2D eigenvalue weighted by atomic mass is 10.1. The van der Waals surface area contributed by atoms with E-state index in [1.54, 1.807) is 0 Å². The number of benzene rings is 1. The van der Waals surface area contributed by atoms with Gasteiger partial charge in [0.25, 0.3) is 0 Å². The summed E-state index contributed by atoms with van der Waals surface area (Å²) in [6.07, 6.45) is 2.38. The minimum atomic E-state index is 0.189. The van der Waals surface area contributed by atoms with E-state index in [1.165, 1.54) is 11.8 Å². The van der Waals surface area contributed by atoms with Crippen LogP contribution in [0.5, 0.6) is 0 Å². The first kappa shape index (κ1) is 13.1. The van der Waals surface area contributed by atoms with Crippen LogP contribution < -0.4 is 5.32 Å². The van der Waals surface area contributed by atoms with E-state index in [0.29, 0.717) is 10.8 Å². The number of nitrogens with one attached hydrogen (secondary N) is 1. The lowest BCUT2D eigenvalue weighted by Crippen LogP contribution is -2.19. The summed E-state index contributed by atoms with van der Waals surface area (Å²) in [5, 5.41) is 3.89. The molecule has 0 amide bonds. The molecule has 3 nitrogen and oxygen atoms in total. The fraction of sp³-hybridized carbons (Fsp3) is 0.231. The van der Waals surface area contributed by atoms with Crippen molar-refractivity contribution >= 4 is 29.0 Å². The molecular weight excluding hydrogens is 269 g/mol. The number of hydrogen-bond donors (Lipinski definition) is 1. The van der Waals surface area contributed by atoms with E-state index >= 15 is 0 Å². The van der Waals surface area contributed by atoms with Crippen molar-refractivity contribution in [2.45, 2.75) is 19.4 Å². The molecule has 2 rings (SSSR count). The molecule has 1 aromatic heterocycles. The fourth-order valence-electron chi connectivity index (χ4n) is 1.70. The van der Waals surface area contributed by atoms with Crippen molar-refractivity contribution in [1.29, 1.82) is 0 Å². The number of anilines is 1. The van der Waals surface area contributed by atoms with Gasteiger partial charge >= 0.3 is 0 Å². The molecule has 0 spiro atoms. The molecule has 2 aromatic rings. The largest absolute Gasteiger partial charge is 0.366 e. The highest BCUT2D eigenvalue weighted by molar-refractivity contribution is 6.33. The predicted octanol–water partition coefficient (Wildman–Crippen LogP) is 3.83. The van der Waals surface area contributed by atoms with Gasteiger partial charge in [-0.05, 0) is 30.5 Å². The van der Waals surface area contributed by atoms with E-state index in [9.17, 15) is 0 Å². The van der Waals surface area contributed by atoms with Gasteiger partial charge in [-0.3, -0.25) is 0 Å². The number of rotatable bonds is 4. The second kappa shape index (κ2) is 6.03. The molecule has 5 heteroatoms. The lowest BCUT2D eigenvalue weighted by Gasteiger charge is -2.15. The van der Waals surface area contributed by atoms with E-state index in [1.807, 2.05) is 18.2 Å². The Balaban J connectivity index is 2.03. The molecule has 0 aliphatic rings. The Morgan fingerprint density at radius 2 is 1.94 bits per heavy atom. The van der Waals surface area contributed by atoms with Gasteiger partial charge in [0.2, 0.25) is 5.28 Å². The van der Waals surface area contributed by atoms with Gasteiger partial charge in [-0.1, -0.05) is 41.9 Å². The molecule has 0 bridgehead atoms. The van der Waals surface area contributed by atoms with Crippen LogP contribution in [0, 0.1) is 0 Å². The van der Waals surface area contributed by atoms with Crippen LogP contribution in [-0.2, 0) is 6.42 Å². The third-order valence-corrected chi connectivity index (χ3v) is 2.94.